The maximum Gasteiger partial charge on any atom is 0.303 e. The predicted molar refractivity (Wildman–Crippen MR) is 181 cm³/mol. The number of carboxylic acids is 2. The van der Waals surface area contributed by atoms with Gasteiger partial charge in [0.15, 0.2) is 0 Å². The number of hydrogen-bond donors (Lipinski definition) is 8. The third-order valence-corrected chi connectivity index (χ3v) is 9.65. The van der Waals surface area contributed by atoms with Crippen LogP contribution in [0, 0.1) is 18.8 Å². The van der Waals surface area contributed by atoms with Crippen LogP contribution in [0.5, 0.6) is 0 Å². The summed E-state index contributed by atoms with van der Waals surface area (Å²) >= 11 is 8.74. The van der Waals surface area contributed by atoms with Crippen molar-refractivity contribution in [3.8, 4) is 0 Å². The lowest BCUT2D eigenvalue weighted by molar-refractivity contribution is -0.138. The number of allylic oxidation sites excluding steroid dienone is 2. The van der Waals surface area contributed by atoms with Crippen molar-refractivity contribution in [2.24, 2.45) is 11.8 Å². The number of carbonyl (C=O) groups excluding carboxylic acids is 2. The highest BCUT2D eigenvalue weighted by molar-refractivity contribution is 7.83. The summed E-state index contributed by atoms with van der Waals surface area (Å²) in [7, 11) is 0. The van der Waals surface area contributed by atoms with E-state index >= 15 is 0 Å². The minimum atomic E-state index is -0.916. The fourth-order valence-corrected chi connectivity index (χ4v) is 7.15. The zero-order chi connectivity index (χ0) is 33.2. The lowest BCUT2D eigenvalue weighted by Crippen LogP contribution is -2.36. The standard InChI is InChI=1S/C33H42N4O6S2/c1-15-20(6-8-29(38)39)26(34-23(15)12-25-17(3)22(10-11-44)33(43)36-25)14-27-21(7-9-30(40)41)16(2)24(35-27)13-28-31(19(5)45)18(4)32(42)37-28/h10-11,13-14,18-19,23,25,31,34-35,44-45H,6-9,12H2,1-5H3,(H,36,43)(H,37,42)(H,38,39)(H,40,41)/b11-10+,26-14+,28-13-/t18-,19+,23?,25-,31+/m1/s1. The van der Waals surface area contributed by atoms with Gasteiger partial charge < -0.3 is 31.1 Å². The van der Waals surface area contributed by atoms with E-state index in [-0.39, 0.29) is 60.2 Å². The van der Waals surface area contributed by atoms with Gasteiger partial charge in [0.05, 0.1) is 6.04 Å². The third-order valence-electron chi connectivity index (χ3n) is 9.18. The van der Waals surface area contributed by atoms with Crippen molar-refractivity contribution in [2.75, 3.05) is 0 Å². The van der Waals surface area contributed by atoms with Crippen LogP contribution in [0.25, 0.3) is 12.2 Å². The molecular formula is C33H42N4O6S2. The number of thiol groups is 2. The summed E-state index contributed by atoms with van der Waals surface area (Å²) in [4.78, 5) is 51.7. The molecule has 0 bridgehead atoms. The van der Waals surface area contributed by atoms with E-state index in [4.69, 9.17) is 0 Å². The second kappa shape index (κ2) is 14.2. The van der Waals surface area contributed by atoms with Gasteiger partial charge in [-0.25, -0.2) is 0 Å². The molecule has 12 heteroatoms. The fourth-order valence-electron chi connectivity index (χ4n) is 6.58. The van der Waals surface area contributed by atoms with Crippen LogP contribution in [0.15, 0.2) is 45.2 Å². The van der Waals surface area contributed by atoms with Crippen LogP contribution in [0.1, 0.15) is 75.9 Å². The van der Waals surface area contributed by atoms with Crippen LogP contribution >= 0.6 is 25.3 Å². The summed E-state index contributed by atoms with van der Waals surface area (Å²) in [5, 5.41) is 30.0. The summed E-state index contributed by atoms with van der Waals surface area (Å²) in [6, 6.07) is -0.361. The van der Waals surface area contributed by atoms with Crippen molar-refractivity contribution < 1.29 is 29.4 Å². The van der Waals surface area contributed by atoms with E-state index in [9.17, 15) is 29.4 Å². The van der Waals surface area contributed by atoms with Gasteiger partial charge in [0.1, 0.15) is 0 Å². The molecule has 4 heterocycles. The molecule has 4 rings (SSSR count). The Bertz CT molecular complexity index is 1560. The smallest absolute Gasteiger partial charge is 0.303 e. The largest absolute Gasteiger partial charge is 0.481 e. The van der Waals surface area contributed by atoms with Crippen molar-refractivity contribution in [3.05, 3.63) is 67.7 Å². The summed E-state index contributed by atoms with van der Waals surface area (Å²) < 4.78 is 0. The quantitative estimate of drug-likeness (QED) is 0.154. The van der Waals surface area contributed by atoms with Crippen LogP contribution in [0.4, 0.5) is 0 Å². The molecule has 10 nitrogen and oxygen atoms in total. The molecule has 1 unspecified atom stereocenters. The van der Waals surface area contributed by atoms with E-state index in [1.807, 2.05) is 46.8 Å². The summed E-state index contributed by atoms with van der Waals surface area (Å²) in [5.41, 5.74) is 8.05. The van der Waals surface area contributed by atoms with Crippen LogP contribution in [-0.2, 0) is 25.6 Å². The molecule has 0 spiro atoms. The molecule has 3 aliphatic rings. The van der Waals surface area contributed by atoms with Gasteiger partial charge in [-0.2, -0.15) is 25.3 Å². The first kappa shape index (κ1) is 34.2. The maximum atomic E-state index is 12.5. The molecule has 0 saturated carbocycles. The Balaban J connectivity index is 1.74. The number of amides is 2. The molecule has 2 amide bonds. The summed E-state index contributed by atoms with van der Waals surface area (Å²) in [5.74, 6) is -2.37. The minimum absolute atomic E-state index is 0.0530. The van der Waals surface area contributed by atoms with Crippen LogP contribution in [0.3, 0.4) is 0 Å². The molecule has 0 radical (unpaired) electrons. The molecule has 1 aromatic rings. The van der Waals surface area contributed by atoms with Gasteiger partial charge in [-0.05, 0) is 91.5 Å². The number of carbonyl (C=O) groups is 4. The van der Waals surface area contributed by atoms with E-state index in [0.29, 0.717) is 24.1 Å². The van der Waals surface area contributed by atoms with Gasteiger partial charge in [-0.3, -0.25) is 19.2 Å². The molecule has 3 aliphatic heterocycles. The highest BCUT2D eigenvalue weighted by atomic mass is 32.1. The van der Waals surface area contributed by atoms with E-state index < -0.39 is 11.9 Å². The summed E-state index contributed by atoms with van der Waals surface area (Å²) in [6.07, 6.45) is 6.55. The molecule has 0 aliphatic carbocycles. The highest BCUT2D eigenvalue weighted by Gasteiger charge is 2.38. The van der Waals surface area contributed by atoms with E-state index in [0.717, 1.165) is 44.9 Å². The van der Waals surface area contributed by atoms with Crippen molar-refractivity contribution >= 4 is 61.2 Å². The fraction of sp³-hybridized carbons (Fsp3) is 0.455. The number of nitrogens with one attached hydrogen (secondary N) is 4. The molecule has 1 aromatic heterocycles. The Hall–Kier alpha value is -3.64. The zero-order valence-electron chi connectivity index (χ0n) is 26.2. The molecule has 0 aromatic carbocycles. The Morgan fingerprint density at radius 3 is 2.22 bits per heavy atom. The molecule has 242 valence electrons. The maximum absolute atomic E-state index is 12.5. The Morgan fingerprint density at radius 2 is 1.60 bits per heavy atom. The molecule has 6 N–H and O–H groups in total. The first-order valence-corrected chi connectivity index (χ1v) is 16.1. The second-order valence-corrected chi connectivity index (χ2v) is 13.2. The van der Waals surface area contributed by atoms with Gasteiger partial charge in [-0.15, -0.1) is 0 Å². The van der Waals surface area contributed by atoms with Crippen molar-refractivity contribution in [1.29, 1.82) is 0 Å². The van der Waals surface area contributed by atoms with Crippen LogP contribution in [0.2, 0.25) is 0 Å². The van der Waals surface area contributed by atoms with E-state index in [1.54, 1.807) is 6.08 Å². The van der Waals surface area contributed by atoms with Gasteiger partial charge in [0.25, 0.3) is 5.91 Å². The number of aromatic nitrogens is 1. The number of aliphatic carboxylic acids is 2. The Kier molecular flexibility index (Phi) is 10.8. The topological polar surface area (TPSA) is 161 Å². The van der Waals surface area contributed by atoms with Gasteiger partial charge in [-0.1, -0.05) is 13.8 Å². The highest BCUT2D eigenvalue weighted by Crippen LogP contribution is 2.36. The number of rotatable bonds is 12. The van der Waals surface area contributed by atoms with Crippen molar-refractivity contribution in [3.63, 3.8) is 0 Å². The number of carboxylic acid groups (broad SMARTS) is 2. The van der Waals surface area contributed by atoms with Crippen LogP contribution < -0.4 is 16.0 Å². The number of hydrogen-bond acceptors (Lipinski definition) is 7. The summed E-state index contributed by atoms with van der Waals surface area (Å²) in [6.45, 7) is 9.65. The second-order valence-electron chi connectivity index (χ2n) is 12.1. The Morgan fingerprint density at radius 1 is 0.956 bits per heavy atom. The average Bonchev–Trinajstić information content (AvgIpc) is 3.60. The monoisotopic (exact) mass is 654 g/mol. The number of H-pyrrole nitrogens is 1. The van der Waals surface area contributed by atoms with E-state index in [2.05, 4.69) is 46.2 Å². The van der Waals surface area contributed by atoms with Crippen LogP contribution in [-0.4, -0.2) is 56.3 Å². The van der Waals surface area contributed by atoms with Gasteiger partial charge >= 0.3 is 11.9 Å². The SMILES string of the molecule is CC1=C(CCC(=O)O)/C(=C\c2[nH]c(/C=C3\NC(=O)[C@H](C)[C@H]3[C@H](C)S)c(C)c2CCC(=O)O)NC1C[C@H]1NC(=O)C(/C=C/S)=C1C. The van der Waals surface area contributed by atoms with Gasteiger partial charge in [0.2, 0.25) is 5.91 Å². The first-order valence-electron chi connectivity index (χ1n) is 15.1. The first-order chi connectivity index (χ1) is 21.2. The third kappa shape index (κ3) is 7.44. The number of aromatic amines is 1. The average molecular weight is 655 g/mol. The molecule has 45 heavy (non-hydrogen) atoms. The molecule has 5 atom stereocenters. The van der Waals surface area contributed by atoms with Crippen molar-refractivity contribution in [1.82, 2.24) is 20.9 Å². The lowest BCUT2D eigenvalue weighted by atomic mass is 9.91. The molecular weight excluding hydrogens is 613 g/mol. The van der Waals surface area contributed by atoms with Crippen molar-refractivity contribution in [2.45, 2.75) is 84.1 Å². The minimum Gasteiger partial charge on any atom is -0.481 e. The normalized spacial score (nSPS) is 25.9. The predicted octanol–water partition coefficient (Wildman–Crippen LogP) is 4.52. The van der Waals surface area contributed by atoms with E-state index in [1.165, 1.54) is 5.41 Å². The zero-order valence-corrected chi connectivity index (χ0v) is 27.9. The lowest BCUT2D eigenvalue weighted by Gasteiger charge is -2.20. The molecule has 1 saturated heterocycles. The Labute approximate surface area is 274 Å². The van der Waals surface area contributed by atoms with Gasteiger partial charge in [0, 0.05) is 64.3 Å². The molecule has 1 fully saturated rings.